The molecule has 4 aromatic rings. The molecule has 0 aliphatic rings. The van der Waals surface area contributed by atoms with Crippen molar-refractivity contribution >= 4 is 71.9 Å². The molecule has 1 heterocycles. The Balaban J connectivity index is 1.59. The summed E-state index contributed by atoms with van der Waals surface area (Å²) >= 11 is 12.1. The second kappa shape index (κ2) is 12.0. The Morgan fingerprint density at radius 1 is 1.00 bits per heavy atom. The van der Waals surface area contributed by atoms with Crippen molar-refractivity contribution < 1.29 is 17.7 Å². The van der Waals surface area contributed by atoms with E-state index in [4.69, 9.17) is 28.3 Å². The molecule has 0 radical (unpaired) electrons. The molecule has 0 saturated heterocycles. The highest BCUT2D eigenvalue weighted by Gasteiger charge is 2.20. The predicted molar refractivity (Wildman–Crippen MR) is 162 cm³/mol. The van der Waals surface area contributed by atoms with Crippen LogP contribution in [0.2, 0.25) is 10.0 Å². The lowest BCUT2D eigenvalue weighted by molar-refractivity contribution is 0.281. The van der Waals surface area contributed by atoms with Crippen LogP contribution in [-0.4, -0.2) is 46.2 Å². The van der Waals surface area contributed by atoms with Crippen LogP contribution in [0.5, 0.6) is 0 Å². The topological polar surface area (TPSA) is 159 Å². The predicted octanol–water partition coefficient (Wildman–Crippen LogP) is 4.74. The van der Waals surface area contributed by atoms with Crippen LogP contribution in [0.15, 0.2) is 82.7 Å². The molecule has 1 unspecified atom stereocenters. The number of nitrogens with zero attached hydrogens (tertiary/aromatic N) is 2. The summed E-state index contributed by atoms with van der Waals surface area (Å²) in [7, 11) is -6.81. The summed E-state index contributed by atoms with van der Waals surface area (Å²) in [5.74, 6) is 4.19. The van der Waals surface area contributed by atoms with Crippen LogP contribution in [-0.2, 0) is 19.7 Å². The number of sulfonamides is 1. The standard InChI is InChI=1S/C26H26Cl2N6O4S2/c1-16(15-35)31-25-21(14-30-26(33-25)32-18-10-12-20(13-11-18)39(2,29)36)17-6-8-19(9-7-17)34-40(37,38)23-5-3-4-22(27)24(23)28/h3-14,16,34-35H,2,15H2,1H3,(H2,29,36)(H2,30,31,32,33)/t16-,39?/m1/s1. The minimum atomic E-state index is -3.98. The number of rotatable bonds is 10. The van der Waals surface area contributed by atoms with Crippen LogP contribution in [0.25, 0.3) is 11.1 Å². The summed E-state index contributed by atoms with van der Waals surface area (Å²) in [6.07, 6.45) is 1.60. The minimum Gasteiger partial charge on any atom is -0.394 e. The van der Waals surface area contributed by atoms with Gasteiger partial charge in [0.1, 0.15) is 10.7 Å². The third-order valence-corrected chi connectivity index (χ3v) is 9.03. The zero-order valence-corrected chi connectivity index (χ0v) is 24.3. The summed E-state index contributed by atoms with van der Waals surface area (Å²) in [6, 6.07) is 17.2. The van der Waals surface area contributed by atoms with Gasteiger partial charge in [-0.1, -0.05) is 41.4 Å². The summed E-state index contributed by atoms with van der Waals surface area (Å²) in [5.41, 5.74) is 2.26. The van der Waals surface area contributed by atoms with E-state index >= 15 is 0 Å². The van der Waals surface area contributed by atoms with Crippen LogP contribution < -0.4 is 20.5 Å². The van der Waals surface area contributed by atoms with Gasteiger partial charge in [0.15, 0.2) is 0 Å². The maximum Gasteiger partial charge on any atom is 0.263 e. The highest BCUT2D eigenvalue weighted by atomic mass is 35.5. The monoisotopic (exact) mass is 620 g/mol. The SMILES string of the molecule is C=S(N)(=O)c1ccc(Nc2ncc(-c3ccc(NS(=O)(=O)c4cccc(Cl)c4Cl)cc3)c(N[C@H](C)CO)n2)cc1. The third kappa shape index (κ3) is 7.02. The molecule has 3 aromatic carbocycles. The van der Waals surface area contributed by atoms with Gasteiger partial charge in [-0.3, -0.25) is 9.86 Å². The second-order valence-corrected chi connectivity index (χ2v) is 13.2. The summed E-state index contributed by atoms with van der Waals surface area (Å²) in [5, 5.41) is 21.5. The van der Waals surface area contributed by atoms with Crippen LogP contribution in [0.3, 0.4) is 0 Å². The number of aliphatic hydroxyl groups excluding tert-OH is 1. The van der Waals surface area contributed by atoms with E-state index in [0.717, 1.165) is 0 Å². The molecule has 0 bridgehead atoms. The number of hydrogen-bond donors (Lipinski definition) is 5. The van der Waals surface area contributed by atoms with Crippen molar-refractivity contribution in [3.8, 4) is 11.1 Å². The molecule has 1 aromatic heterocycles. The van der Waals surface area contributed by atoms with E-state index in [1.807, 2.05) is 0 Å². The zero-order chi connectivity index (χ0) is 29.1. The summed E-state index contributed by atoms with van der Waals surface area (Å²) in [4.78, 5) is 9.24. The van der Waals surface area contributed by atoms with Gasteiger partial charge in [0.05, 0.1) is 26.4 Å². The molecular formula is C26H26Cl2N6O4S2. The van der Waals surface area contributed by atoms with E-state index in [9.17, 15) is 17.7 Å². The van der Waals surface area contributed by atoms with E-state index in [2.05, 4.69) is 31.2 Å². The number of anilines is 4. The fraction of sp³-hybridized carbons (Fsp3) is 0.115. The molecule has 0 fully saturated rings. The van der Waals surface area contributed by atoms with Gasteiger partial charge in [-0.2, -0.15) is 4.98 Å². The molecule has 0 aliphatic carbocycles. The van der Waals surface area contributed by atoms with Gasteiger partial charge < -0.3 is 15.7 Å². The van der Waals surface area contributed by atoms with Crippen molar-refractivity contribution in [2.45, 2.75) is 22.8 Å². The first-order chi connectivity index (χ1) is 18.9. The van der Waals surface area contributed by atoms with Gasteiger partial charge in [-0.05, 0) is 66.9 Å². The van der Waals surface area contributed by atoms with Crippen LogP contribution >= 0.6 is 23.2 Å². The number of hydrogen-bond acceptors (Lipinski definition) is 8. The molecule has 40 heavy (non-hydrogen) atoms. The maximum absolute atomic E-state index is 12.9. The van der Waals surface area contributed by atoms with Crippen molar-refractivity contribution in [3.63, 3.8) is 0 Å². The highest BCUT2D eigenvalue weighted by Crippen LogP contribution is 2.32. The van der Waals surface area contributed by atoms with E-state index in [1.54, 1.807) is 61.7 Å². The molecule has 6 N–H and O–H groups in total. The number of benzene rings is 3. The normalized spacial score (nSPS) is 13.7. The van der Waals surface area contributed by atoms with Gasteiger partial charge >= 0.3 is 0 Å². The molecule has 10 nitrogen and oxygen atoms in total. The lowest BCUT2D eigenvalue weighted by atomic mass is 10.1. The second-order valence-electron chi connectivity index (χ2n) is 8.79. The Morgan fingerprint density at radius 2 is 1.65 bits per heavy atom. The fourth-order valence-electron chi connectivity index (χ4n) is 3.56. The molecule has 0 spiro atoms. The lowest BCUT2D eigenvalue weighted by Gasteiger charge is -2.17. The molecule has 2 atom stereocenters. The van der Waals surface area contributed by atoms with E-state index in [0.29, 0.717) is 33.2 Å². The summed E-state index contributed by atoms with van der Waals surface area (Å²) in [6.45, 7) is 1.66. The fourth-order valence-corrected chi connectivity index (χ4v) is 5.98. The van der Waals surface area contributed by atoms with E-state index < -0.39 is 19.7 Å². The van der Waals surface area contributed by atoms with E-state index in [-0.39, 0.29) is 33.5 Å². The van der Waals surface area contributed by atoms with Gasteiger partial charge in [0.25, 0.3) is 10.0 Å². The van der Waals surface area contributed by atoms with Crippen molar-refractivity contribution in [2.75, 3.05) is 22.0 Å². The van der Waals surface area contributed by atoms with Gasteiger partial charge in [0.2, 0.25) is 5.95 Å². The first kappa shape index (κ1) is 29.6. The van der Waals surface area contributed by atoms with Crippen LogP contribution in [0, 0.1) is 0 Å². The maximum atomic E-state index is 12.9. The molecular weight excluding hydrogens is 595 g/mol. The average molecular weight is 622 g/mol. The summed E-state index contributed by atoms with van der Waals surface area (Å²) < 4.78 is 40.1. The molecule has 210 valence electrons. The van der Waals surface area contributed by atoms with Crippen molar-refractivity contribution in [1.82, 2.24) is 9.97 Å². The smallest absolute Gasteiger partial charge is 0.263 e. The molecule has 0 saturated carbocycles. The number of nitrogens with one attached hydrogen (secondary N) is 3. The molecule has 0 amide bonds. The first-order valence-corrected chi connectivity index (χ1v) is 15.7. The molecule has 0 aliphatic heterocycles. The number of nitrogens with two attached hydrogens (primary N) is 1. The Hall–Kier alpha value is -3.39. The zero-order valence-electron chi connectivity index (χ0n) is 21.1. The largest absolute Gasteiger partial charge is 0.394 e. The number of halogens is 2. The molecule has 4 rings (SSSR count). The van der Waals surface area contributed by atoms with Crippen LogP contribution in [0.1, 0.15) is 6.92 Å². The van der Waals surface area contributed by atoms with Crippen molar-refractivity contribution in [2.24, 2.45) is 5.14 Å². The van der Waals surface area contributed by atoms with Crippen molar-refractivity contribution in [3.05, 3.63) is 83.0 Å². The Kier molecular flexibility index (Phi) is 8.88. The van der Waals surface area contributed by atoms with Gasteiger partial charge in [-0.25, -0.2) is 17.6 Å². The Bertz CT molecular complexity index is 1730. The van der Waals surface area contributed by atoms with Crippen LogP contribution in [0.4, 0.5) is 23.1 Å². The average Bonchev–Trinajstić information content (AvgIpc) is 2.90. The number of aliphatic hydroxyl groups is 1. The molecule has 14 heteroatoms. The third-order valence-electron chi connectivity index (χ3n) is 5.61. The minimum absolute atomic E-state index is 0.0647. The van der Waals surface area contributed by atoms with Gasteiger partial charge in [0, 0.05) is 34.1 Å². The van der Waals surface area contributed by atoms with Gasteiger partial charge in [-0.15, -0.1) is 0 Å². The number of aromatic nitrogens is 2. The Labute approximate surface area is 242 Å². The van der Waals surface area contributed by atoms with Crippen molar-refractivity contribution in [1.29, 1.82) is 0 Å². The highest BCUT2D eigenvalue weighted by molar-refractivity contribution is 7.98. The lowest BCUT2D eigenvalue weighted by Crippen LogP contribution is -2.21. The van der Waals surface area contributed by atoms with E-state index in [1.165, 1.54) is 18.2 Å². The quantitative estimate of drug-likeness (QED) is 0.159. The Morgan fingerprint density at radius 3 is 2.27 bits per heavy atom. The first-order valence-electron chi connectivity index (χ1n) is 11.7.